The summed E-state index contributed by atoms with van der Waals surface area (Å²) < 4.78 is 13.9. The molecule has 0 fully saturated rings. The molecule has 1 aromatic carbocycles. The first-order valence-electron chi connectivity index (χ1n) is 4.90. The van der Waals surface area contributed by atoms with Gasteiger partial charge in [-0.05, 0) is 23.8 Å². The number of aromatic nitrogens is 2. The zero-order valence-electron chi connectivity index (χ0n) is 8.82. The second-order valence-corrected chi connectivity index (χ2v) is 4.27. The van der Waals surface area contributed by atoms with Gasteiger partial charge in [-0.1, -0.05) is 15.9 Å². The first kappa shape index (κ1) is 11.8. The van der Waals surface area contributed by atoms with Gasteiger partial charge in [0.2, 0.25) is 0 Å². The van der Waals surface area contributed by atoms with Crippen LogP contribution < -0.4 is 11.1 Å². The highest BCUT2D eigenvalue weighted by Gasteiger charge is 2.02. The molecule has 4 nitrogen and oxygen atoms in total. The highest BCUT2D eigenvalue weighted by molar-refractivity contribution is 9.10. The van der Waals surface area contributed by atoms with Crippen molar-refractivity contribution < 1.29 is 4.39 Å². The summed E-state index contributed by atoms with van der Waals surface area (Å²) in [6, 6.07) is 6.14. The van der Waals surface area contributed by atoms with E-state index in [9.17, 15) is 4.39 Å². The van der Waals surface area contributed by atoms with Crippen LogP contribution in [0.4, 0.5) is 16.0 Å². The predicted octanol–water partition coefficient (Wildman–Crippen LogP) is 2.57. The van der Waals surface area contributed by atoms with Crippen molar-refractivity contribution in [2.45, 2.75) is 6.54 Å². The van der Waals surface area contributed by atoms with Crippen molar-refractivity contribution in [3.8, 4) is 0 Å². The molecule has 6 heteroatoms. The van der Waals surface area contributed by atoms with Gasteiger partial charge in [0, 0.05) is 17.1 Å². The van der Waals surface area contributed by atoms with Crippen LogP contribution in [0.5, 0.6) is 0 Å². The maximum absolute atomic E-state index is 13.0. The Kier molecular flexibility index (Phi) is 3.53. The number of benzene rings is 1. The Balaban J connectivity index is 2.09. The van der Waals surface area contributed by atoms with Crippen LogP contribution in [-0.4, -0.2) is 9.97 Å². The van der Waals surface area contributed by atoms with Gasteiger partial charge in [-0.25, -0.2) is 14.4 Å². The van der Waals surface area contributed by atoms with E-state index in [-0.39, 0.29) is 5.82 Å². The second-order valence-electron chi connectivity index (χ2n) is 3.42. The molecule has 3 N–H and O–H groups in total. The minimum Gasteiger partial charge on any atom is -0.384 e. The van der Waals surface area contributed by atoms with Gasteiger partial charge >= 0.3 is 0 Å². The maximum Gasteiger partial charge on any atom is 0.131 e. The Morgan fingerprint density at radius 1 is 1.29 bits per heavy atom. The smallest absolute Gasteiger partial charge is 0.131 e. The molecule has 2 rings (SSSR count). The predicted molar refractivity (Wildman–Crippen MR) is 67.9 cm³/mol. The minimum absolute atomic E-state index is 0.271. The van der Waals surface area contributed by atoms with Gasteiger partial charge in [0.1, 0.15) is 23.8 Å². The standard InChI is InChI=1S/C11H10BrFN4/c12-9-2-1-8(13)3-7(9)5-15-11-4-10(14)16-6-17-11/h1-4,6H,5H2,(H3,14,15,16,17). The van der Waals surface area contributed by atoms with Crippen molar-refractivity contribution in [2.75, 3.05) is 11.1 Å². The van der Waals surface area contributed by atoms with E-state index in [1.807, 2.05) is 0 Å². The number of halogens is 2. The zero-order valence-corrected chi connectivity index (χ0v) is 10.4. The number of hydrogen-bond donors (Lipinski definition) is 2. The van der Waals surface area contributed by atoms with Gasteiger partial charge in [-0.3, -0.25) is 0 Å². The van der Waals surface area contributed by atoms with Crippen molar-refractivity contribution in [2.24, 2.45) is 0 Å². The molecule has 0 atom stereocenters. The zero-order chi connectivity index (χ0) is 12.3. The highest BCUT2D eigenvalue weighted by atomic mass is 79.9. The van der Waals surface area contributed by atoms with E-state index in [0.29, 0.717) is 18.2 Å². The van der Waals surface area contributed by atoms with Crippen LogP contribution >= 0.6 is 15.9 Å². The fourth-order valence-electron chi connectivity index (χ4n) is 1.33. The van der Waals surface area contributed by atoms with Crippen LogP contribution in [0, 0.1) is 5.82 Å². The minimum atomic E-state index is -0.271. The van der Waals surface area contributed by atoms with Crippen LogP contribution in [0.1, 0.15) is 5.56 Å². The fraction of sp³-hybridized carbons (Fsp3) is 0.0909. The highest BCUT2D eigenvalue weighted by Crippen LogP contribution is 2.19. The number of hydrogen-bond acceptors (Lipinski definition) is 4. The molecule has 1 heterocycles. The van der Waals surface area contributed by atoms with E-state index in [4.69, 9.17) is 5.73 Å². The van der Waals surface area contributed by atoms with E-state index in [1.165, 1.54) is 18.5 Å². The van der Waals surface area contributed by atoms with E-state index in [2.05, 4.69) is 31.2 Å². The van der Waals surface area contributed by atoms with Crippen molar-refractivity contribution >= 4 is 27.6 Å². The van der Waals surface area contributed by atoms with Crippen molar-refractivity contribution in [3.63, 3.8) is 0 Å². The van der Waals surface area contributed by atoms with Gasteiger partial charge in [-0.2, -0.15) is 0 Å². The number of anilines is 2. The monoisotopic (exact) mass is 296 g/mol. The molecule has 0 saturated heterocycles. The Labute approximate surface area is 106 Å². The van der Waals surface area contributed by atoms with Gasteiger partial charge < -0.3 is 11.1 Å². The van der Waals surface area contributed by atoms with Gasteiger partial charge in [0.15, 0.2) is 0 Å². The molecule has 0 unspecified atom stereocenters. The Bertz CT molecular complexity index is 533. The van der Waals surface area contributed by atoms with Crippen LogP contribution in [0.25, 0.3) is 0 Å². The first-order chi connectivity index (χ1) is 8.15. The average Bonchev–Trinajstić information content (AvgIpc) is 2.30. The van der Waals surface area contributed by atoms with Crippen molar-refractivity contribution in [1.82, 2.24) is 9.97 Å². The number of nitrogen functional groups attached to an aromatic ring is 1. The summed E-state index contributed by atoms with van der Waals surface area (Å²) in [5, 5.41) is 3.04. The normalized spacial score (nSPS) is 10.2. The van der Waals surface area contributed by atoms with E-state index >= 15 is 0 Å². The summed E-state index contributed by atoms with van der Waals surface area (Å²) in [7, 11) is 0. The lowest BCUT2D eigenvalue weighted by Crippen LogP contribution is -2.03. The Morgan fingerprint density at radius 3 is 2.88 bits per heavy atom. The number of nitrogens with zero attached hydrogens (tertiary/aromatic N) is 2. The van der Waals surface area contributed by atoms with Crippen molar-refractivity contribution in [3.05, 3.63) is 46.4 Å². The summed E-state index contributed by atoms with van der Waals surface area (Å²) >= 11 is 3.35. The summed E-state index contributed by atoms with van der Waals surface area (Å²) in [6.45, 7) is 0.453. The Hall–Kier alpha value is -1.69. The summed E-state index contributed by atoms with van der Waals surface area (Å²) in [6.07, 6.45) is 1.37. The van der Waals surface area contributed by atoms with E-state index in [1.54, 1.807) is 12.1 Å². The molecule has 17 heavy (non-hydrogen) atoms. The molecule has 0 spiro atoms. The molecule has 0 aliphatic heterocycles. The van der Waals surface area contributed by atoms with Gasteiger partial charge in [0.25, 0.3) is 0 Å². The second kappa shape index (κ2) is 5.09. The molecule has 0 saturated carbocycles. The third-order valence-corrected chi connectivity index (χ3v) is 2.93. The quantitative estimate of drug-likeness (QED) is 0.914. The topological polar surface area (TPSA) is 63.8 Å². The van der Waals surface area contributed by atoms with Gasteiger partial charge in [-0.15, -0.1) is 0 Å². The third kappa shape index (κ3) is 3.13. The molecule has 0 aliphatic carbocycles. The van der Waals surface area contributed by atoms with E-state index in [0.717, 1.165) is 10.0 Å². The summed E-state index contributed by atoms with van der Waals surface area (Å²) in [5.74, 6) is 0.724. The van der Waals surface area contributed by atoms with Crippen LogP contribution in [0.3, 0.4) is 0 Å². The third-order valence-electron chi connectivity index (χ3n) is 2.16. The lowest BCUT2D eigenvalue weighted by atomic mass is 10.2. The number of nitrogens with one attached hydrogen (secondary N) is 1. The molecular weight excluding hydrogens is 287 g/mol. The molecule has 2 aromatic rings. The molecule has 0 radical (unpaired) electrons. The number of nitrogens with two attached hydrogens (primary N) is 1. The number of rotatable bonds is 3. The average molecular weight is 297 g/mol. The largest absolute Gasteiger partial charge is 0.384 e. The molecule has 0 bridgehead atoms. The summed E-state index contributed by atoms with van der Waals surface area (Å²) in [4.78, 5) is 7.78. The summed E-state index contributed by atoms with van der Waals surface area (Å²) in [5.41, 5.74) is 6.33. The Morgan fingerprint density at radius 2 is 2.12 bits per heavy atom. The molecule has 88 valence electrons. The lowest BCUT2D eigenvalue weighted by Gasteiger charge is -2.07. The van der Waals surface area contributed by atoms with Crippen LogP contribution in [-0.2, 0) is 6.54 Å². The van der Waals surface area contributed by atoms with Gasteiger partial charge in [0.05, 0.1) is 0 Å². The van der Waals surface area contributed by atoms with Crippen molar-refractivity contribution in [1.29, 1.82) is 0 Å². The molecule has 0 aliphatic rings. The SMILES string of the molecule is Nc1cc(NCc2cc(F)ccc2Br)ncn1. The van der Waals surface area contributed by atoms with Crippen LogP contribution in [0.15, 0.2) is 35.1 Å². The van der Waals surface area contributed by atoms with E-state index < -0.39 is 0 Å². The lowest BCUT2D eigenvalue weighted by molar-refractivity contribution is 0.625. The fourth-order valence-corrected chi connectivity index (χ4v) is 1.72. The first-order valence-corrected chi connectivity index (χ1v) is 5.70. The molecule has 1 aromatic heterocycles. The van der Waals surface area contributed by atoms with Crippen LogP contribution in [0.2, 0.25) is 0 Å². The maximum atomic E-state index is 13.0. The molecular formula is C11H10BrFN4. The molecule has 0 amide bonds.